The minimum absolute atomic E-state index is 0.0280. The number of nitrogens with one attached hydrogen (secondary N) is 2. The predicted molar refractivity (Wildman–Crippen MR) is 124 cm³/mol. The van der Waals surface area contributed by atoms with Crippen molar-refractivity contribution in [3.05, 3.63) is 52.1 Å². The third-order valence-corrected chi connectivity index (χ3v) is 4.87. The molecule has 1 aromatic carbocycles. The van der Waals surface area contributed by atoms with Crippen LogP contribution in [0.25, 0.3) is 11.2 Å². The fourth-order valence-electron chi connectivity index (χ4n) is 3.18. The molecule has 6 N–H and O–H groups in total. The largest absolute Gasteiger partial charge is 0.481 e. The van der Waals surface area contributed by atoms with E-state index in [4.69, 9.17) is 17.3 Å². The minimum Gasteiger partial charge on any atom is -0.481 e. The number of hydrogen-bond acceptors (Lipinski definition) is 9. The van der Waals surface area contributed by atoms with E-state index in [9.17, 15) is 24.3 Å². The molecule has 0 fully saturated rings. The van der Waals surface area contributed by atoms with E-state index < -0.39 is 35.9 Å². The van der Waals surface area contributed by atoms with E-state index >= 15 is 0 Å². The Morgan fingerprint density at radius 1 is 1.20 bits per heavy atom. The molecule has 180 valence electrons. The van der Waals surface area contributed by atoms with E-state index in [2.05, 4.69) is 31.2 Å². The van der Waals surface area contributed by atoms with Gasteiger partial charge in [-0.05, 0) is 30.7 Å². The smallest absolute Gasteiger partial charge is 0.326 e. The number of benzene rings is 1. The van der Waals surface area contributed by atoms with Crippen molar-refractivity contribution in [3.8, 4) is 12.3 Å². The Labute approximate surface area is 198 Å². The average molecular weight is 479 g/mol. The molecule has 3 rings (SSSR count). The first-order valence-corrected chi connectivity index (χ1v) is 10.2. The second-order valence-electron chi connectivity index (χ2n) is 7.39. The summed E-state index contributed by atoms with van der Waals surface area (Å²) in [6.45, 7) is 0.372. The van der Waals surface area contributed by atoms with Crippen LogP contribution in [0.5, 0.6) is 0 Å². The molecule has 0 saturated heterocycles. The van der Waals surface area contributed by atoms with E-state index in [1.54, 1.807) is 17.0 Å². The SMILES string of the molecule is C#CCN(Cc1cnc2nc(N)[nH]c(=O)c2n1)c1ccc(C(=O)N[C@@H](CCC(=O)O)C(=O)O)cc1. The third-order valence-electron chi connectivity index (χ3n) is 4.87. The molecular formula is C22H21N7O6. The van der Waals surface area contributed by atoms with Crippen LogP contribution in [0.15, 0.2) is 35.3 Å². The summed E-state index contributed by atoms with van der Waals surface area (Å²) >= 11 is 0. The fraction of sp³-hybridized carbons (Fsp3) is 0.227. The lowest BCUT2D eigenvalue weighted by Gasteiger charge is -2.22. The number of aliphatic carboxylic acids is 2. The molecule has 0 bridgehead atoms. The number of anilines is 2. The summed E-state index contributed by atoms with van der Waals surface area (Å²) in [7, 11) is 0. The first-order chi connectivity index (χ1) is 16.7. The number of aromatic nitrogens is 4. The number of nitrogens with two attached hydrogens (primary N) is 1. The molecule has 0 spiro atoms. The fourth-order valence-corrected chi connectivity index (χ4v) is 3.18. The summed E-state index contributed by atoms with van der Waals surface area (Å²) in [5.41, 5.74) is 6.37. The number of aromatic amines is 1. The number of rotatable bonds is 10. The average Bonchev–Trinajstić information content (AvgIpc) is 2.81. The molecule has 0 unspecified atom stereocenters. The summed E-state index contributed by atoms with van der Waals surface area (Å²) in [4.78, 5) is 63.0. The number of H-pyrrole nitrogens is 1. The molecule has 35 heavy (non-hydrogen) atoms. The van der Waals surface area contributed by atoms with Crippen molar-refractivity contribution >= 4 is 40.6 Å². The van der Waals surface area contributed by atoms with Crippen molar-refractivity contribution in [2.45, 2.75) is 25.4 Å². The molecule has 0 radical (unpaired) electrons. The lowest BCUT2D eigenvalue weighted by molar-refractivity contribution is -0.140. The molecular weight excluding hydrogens is 458 g/mol. The summed E-state index contributed by atoms with van der Waals surface area (Å²) < 4.78 is 0. The second kappa shape index (κ2) is 10.8. The number of carbonyl (C=O) groups is 3. The minimum atomic E-state index is -1.34. The molecule has 0 saturated carbocycles. The van der Waals surface area contributed by atoms with Gasteiger partial charge in [0.2, 0.25) is 5.95 Å². The molecule has 2 heterocycles. The number of terminal acetylenes is 1. The summed E-state index contributed by atoms with van der Waals surface area (Å²) in [5.74, 6) is -0.694. The molecule has 0 aliphatic heterocycles. The van der Waals surface area contributed by atoms with E-state index in [-0.39, 0.29) is 42.2 Å². The molecule has 13 nitrogen and oxygen atoms in total. The van der Waals surface area contributed by atoms with Gasteiger partial charge >= 0.3 is 11.9 Å². The molecule has 2 aromatic heterocycles. The van der Waals surface area contributed by atoms with Crippen LogP contribution >= 0.6 is 0 Å². The Morgan fingerprint density at radius 2 is 1.91 bits per heavy atom. The highest BCUT2D eigenvalue weighted by molar-refractivity contribution is 5.97. The van der Waals surface area contributed by atoms with Crippen LogP contribution in [0.4, 0.5) is 11.6 Å². The summed E-state index contributed by atoms with van der Waals surface area (Å²) in [6, 6.07) is 4.85. The van der Waals surface area contributed by atoms with Crippen LogP contribution in [0, 0.1) is 12.3 Å². The predicted octanol–water partition coefficient (Wildman–Crippen LogP) is -0.0171. The maximum absolute atomic E-state index is 12.4. The van der Waals surface area contributed by atoms with E-state index in [0.29, 0.717) is 11.4 Å². The molecule has 0 aliphatic rings. The van der Waals surface area contributed by atoms with Gasteiger partial charge in [-0.1, -0.05) is 5.92 Å². The third kappa shape index (κ3) is 6.29. The lowest BCUT2D eigenvalue weighted by Crippen LogP contribution is -2.41. The van der Waals surface area contributed by atoms with Crippen molar-refractivity contribution in [2.24, 2.45) is 0 Å². The summed E-state index contributed by atoms with van der Waals surface area (Å²) in [6.07, 6.45) is 6.30. The van der Waals surface area contributed by atoms with Gasteiger partial charge < -0.3 is 26.2 Å². The molecule has 1 atom stereocenters. The van der Waals surface area contributed by atoms with Gasteiger partial charge in [0.1, 0.15) is 6.04 Å². The monoisotopic (exact) mass is 479 g/mol. The van der Waals surface area contributed by atoms with Gasteiger partial charge in [-0.25, -0.2) is 14.8 Å². The van der Waals surface area contributed by atoms with Gasteiger partial charge in [-0.3, -0.25) is 19.4 Å². The molecule has 13 heteroatoms. The number of carboxylic acids is 2. The number of fused-ring (bicyclic) bond motifs is 1. The van der Waals surface area contributed by atoms with Crippen molar-refractivity contribution in [3.63, 3.8) is 0 Å². The van der Waals surface area contributed by atoms with E-state index in [0.717, 1.165) is 0 Å². The number of amides is 1. The van der Waals surface area contributed by atoms with Crippen molar-refractivity contribution in [1.29, 1.82) is 0 Å². The van der Waals surface area contributed by atoms with Crippen LogP contribution in [0.3, 0.4) is 0 Å². The van der Waals surface area contributed by atoms with Crippen LogP contribution in [0.1, 0.15) is 28.9 Å². The first-order valence-electron chi connectivity index (χ1n) is 10.2. The van der Waals surface area contributed by atoms with Crippen LogP contribution in [-0.4, -0.2) is 60.6 Å². The number of nitrogens with zero attached hydrogens (tertiary/aromatic N) is 4. The molecule has 0 aliphatic carbocycles. The van der Waals surface area contributed by atoms with Crippen molar-refractivity contribution in [2.75, 3.05) is 17.2 Å². The Bertz CT molecular complexity index is 1360. The Morgan fingerprint density at radius 3 is 2.54 bits per heavy atom. The lowest BCUT2D eigenvalue weighted by atomic mass is 10.1. The van der Waals surface area contributed by atoms with Gasteiger partial charge in [0.05, 0.1) is 25.0 Å². The summed E-state index contributed by atoms with van der Waals surface area (Å²) in [5, 5.41) is 20.3. The van der Waals surface area contributed by atoms with Gasteiger partial charge in [0, 0.05) is 17.7 Å². The number of carboxylic acid groups (broad SMARTS) is 2. The Balaban J connectivity index is 1.76. The quantitative estimate of drug-likeness (QED) is 0.244. The number of carbonyl (C=O) groups excluding carboxylic acids is 1. The number of hydrogen-bond donors (Lipinski definition) is 5. The van der Waals surface area contributed by atoms with E-state index in [1.807, 2.05) is 0 Å². The zero-order chi connectivity index (χ0) is 25.5. The van der Waals surface area contributed by atoms with Gasteiger partial charge in [0.15, 0.2) is 11.2 Å². The van der Waals surface area contributed by atoms with Crippen LogP contribution < -0.4 is 21.5 Å². The Hall–Kier alpha value is -4.99. The topological polar surface area (TPSA) is 204 Å². The highest BCUT2D eigenvalue weighted by Gasteiger charge is 2.22. The van der Waals surface area contributed by atoms with E-state index in [1.165, 1.54) is 18.3 Å². The van der Waals surface area contributed by atoms with Gasteiger partial charge in [-0.15, -0.1) is 6.42 Å². The van der Waals surface area contributed by atoms with Gasteiger partial charge in [0.25, 0.3) is 11.5 Å². The normalized spacial score (nSPS) is 11.4. The zero-order valence-electron chi connectivity index (χ0n) is 18.3. The first kappa shape index (κ1) is 24.6. The molecule has 1 amide bonds. The highest BCUT2D eigenvalue weighted by Crippen LogP contribution is 2.18. The van der Waals surface area contributed by atoms with Crippen molar-refractivity contribution in [1.82, 2.24) is 25.3 Å². The molecule has 3 aromatic rings. The maximum atomic E-state index is 12.4. The second-order valence-corrected chi connectivity index (χ2v) is 7.39. The number of nitrogen functional groups attached to an aromatic ring is 1. The maximum Gasteiger partial charge on any atom is 0.326 e. The highest BCUT2D eigenvalue weighted by atomic mass is 16.4. The Kier molecular flexibility index (Phi) is 7.57. The van der Waals surface area contributed by atoms with Crippen LogP contribution in [0.2, 0.25) is 0 Å². The van der Waals surface area contributed by atoms with Gasteiger partial charge in [-0.2, -0.15) is 4.98 Å². The zero-order valence-corrected chi connectivity index (χ0v) is 18.3. The van der Waals surface area contributed by atoms with Crippen LogP contribution in [-0.2, 0) is 16.1 Å². The van der Waals surface area contributed by atoms with Crippen molar-refractivity contribution < 1.29 is 24.6 Å². The standard InChI is InChI=1S/C22H21N7O6/c1-2-9-29(11-13-10-24-18-17(25-13)20(33)28-22(23)27-18)14-5-3-12(4-6-14)19(32)26-15(21(34)35)7-8-16(30)31/h1,3-6,10,15H,7-9,11H2,(H,26,32)(H,30,31)(H,34,35)(H3,23,24,27,28,33)/t15-/m0/s1.